The molecule has 0 spiro atoms. The van der Waals surface area contributed by atoms with Crippen molar-refractivity contribution in [1.82, 2.24) is 4.98 Å². The number of anilines is 2. The van der Waals surface area contributed by atoms with Crippen molar-refractivity contribution in [3.8, 4) is 5.75 Å². The van der Waals surface area contributed by atoms with Gasteiger partial charge in [-0.2, -0.15) is 0 Å². The van der Waals surface area contributed by atoms with Crippen LogP contribution in [0.5, 0.6) is 5.75 Å². The summed E-state index contributed by atoms with van der Waals surface area (Å²) in [7, 11) is 0. The first-order valence-corrected chi connectivity index (χ1v) is 8.37. The Kier molecular flexibility index (Phi) is 5.46. The highest BCUT2D eigenvalue weighted by atomic mass is 16.5. The quantitative estimate of drug-likeness (QED) is 0.683. The topological polar surface area (TPSA) is 63.2 Å². The van der Waals surface area contributed by atoms with Crippen LogP contribution in [0.1, 0.15) is 13.3 Å². The zero-order valence-corrected chi connectivity index (χ0v) is 14.2. The van der Waals surface area contributed by atoms with Crippen LogP contribution in [-0.2, 0) is 4.79 Å². The smallest absolute Gasteiger partial charge is 0.226 e. The minimum absolute atomic E-state index is 0.0622. The molecule has 3 aromatic rings. The molecule has 0 bridgehead atoms. The van der Waals surface area contributed by atoms with Crippen LogP contribution in [0, 0.1) is 0 Å². The van der Waals surface area contributed by atoms with Gasteiger partial charge in [0.25, 0.3) is 0 Å². The summed E-state index contributed by atoms with van der Waals surface area (Å²) in [6.45, 7) is 3.00. The average molecular weight is 335 g/mol. The Morgan fingerprint density at radius 2 is 1.84 bits per heavy atom. The predicted octanol–water partition coefficient (Wildman–Crippen LogP) is 4.07. The second kappa shape index (κ2) is 8.15. The minimum atomic E-state index is -0.0622. The molecule has 25 heavy (non-hydrogen) atoms. The molecule has 3 rings (SSSR count). The first-order chi connectivity index (χ1) is 12.3. The van der Waals surface area contributed by atoms with Crippen molar-refractivity contribution in [3.05, 3.63) is 60.8 Å². The van der Waals surface area contributed by atoms with Gasteiger partial charge in [-0.05, 0) is 31.2 Å². The molecule has 0 fully saturated rings. The third kappa shape index (κ3) is 4.26. The third-order valence-corrected chi connectivity index (χ3v) is 3.76. The summed E-state index contributed by atoms with van der Waals surface area (Å²) < 4.78 is 5.52. The summed E-state index contributed by atoms with van der Waals surface area (Å²) in [5.41, 5.74) is 2.54. The van der Waals surface area contributed by atoms with E-state index in [0.717, 1.165) is 16.6 Å². The second-order valence-electron chi connectivity index (χ2n) is 5.53. The molecule has 1 heterocycles. The van der Waals surface area contributed by atoms with E-state index in [4.69, 9.17) is 4.74 Å². The van der Waals surface area contributed by atoms with Crippen LogP contribution in [0.4, 0.5) is 11.4 Å². The molecule has 0 saturated carbocycles. The number of nitrogens with zero attached hydrogens (tertiary/aromatic N) is 1. The largest absolute Gasteiger partial charge is 0.492 e. The maximum absolute atomic E-state index is 12.2. The third-order valence-electron chi connectivity index (χ3n) is 3.76. The van der Waals surface area contributed by atoms with E-state index >= 15 is 0 Å². The van der Waals surface area contributed by atoms with E-state index in [-0.39, 0.29) is 5.91 Å². The van der Waals surface area contributed by atoms with Gasteiger partial charge in [-0.15, -0.1) is 0 Å². The molecule has 2 aromatic carbocycles. The Bertz CT molecular complexity index is 859. The first-order valence-electron chi connectivity index (χ1n) is 8.37. The molecule has 2 N–H and O–H groups in total. The van der Waals surface area contributed by atoms with Gasteiger partial charge in [0.15, 0.2) is 0 Å². The first kappa shape index (κ1) is 16.8. The van der Waals surface area contributed by atoms with Crippen LogP contribution in [0.15, 0.2) is 60.8 Å². The Hall–Kier alpha value is -3.08. The number of hydrogen-bond donors (Lipinski definition) is 2. The fraction of sp³-hybridized carbons (Fsp3) is 0.200. The van der Waals surface area contributed by atoms with Gasteiger partial charge >= 0.3 is 0 Å². The summed E-state index contributed by atoms with van der Waals surface area (Å²) in [5.74, 6) is 0.623. The Labute approximate surface area is 147 Å². The van der Waals surface area contributed by atoms with E-state index in [1.54, 1.807) is 6.20 Å². The van der Waals surface area contributed by atoms with Crippen LogP contribution < -0.4 is 15.4 Å². The summed E-state index contributed by atoms with van der Waals surface area (Å²) in [6.07, 6.45) is 2.12. The van der Waals surface area contributed by atoms with Crippen LogP contribution >= 0.6 is 0 Å². The van der Waals surface area contributed by atoms with Gasteiger partial charge in [-0.25, -0.2) is 0 Å². The zero-order valence-electron chi connectivity index (χ0n) is 14.2. The van der Waals surface area contributed by atoms with Gasteiger partial charge in [0.2, 0.25) is 5.91 Å². The molecule has 5 heteroatoms. The van der Waals surface area contributed by atoms with Crippen LogP contribution in [0.3, 0.4) is 0 Å². The van der Waals surface area contributed by atoms with Crippen molar-refractivity contribution in [3.63, 3.8) is 0 Å². The highest BCUT2D eigenvalue weighted by molar-refractivity contribution is 5.93. The number of para-hydroxylation sites is 3. The molecular weight excluding hydrogens is 314 g/mol. The number of carbonyl (C=O) groups excluding carboxylic acids is 1. The van der Waals surface area contributed by atoms with E-state index in [1.807, 2.05) is 61.5 Å². The molecular formula is C20H21N3O2. The van der Waals surface area contributed by atoms with Crippen LogP contribution in [0.2, 0.25) is 0 Å². The summed E-state index contributed by atoms with van der Waals surface area (Å²) >= 11 is 0. The lowest BCUT2D eigenvalue weighted by Gasteiger charge is -2.12. The molecule has 5 nitrogen and oxygen atoms in total. The van der Waals surface area contributed by atoms with Gasteiger partial charge in [0, 0.05) is 24.5 Å². The SMILES string of the molecule is CCOc1ccccc1NC(=O)CCNc1cccc2cccnc12. The van der Waals surface area contributed by atoms with E-state index in [2.05, 4.69) is 15.6 Å². The fourth-order valence-electron chi connectivity index (χ4n) is 2.62. The number of carbonyl (C=O) groups is 1. The lowest BCUT2D eigenvalue weighted by molar-refractivity contribution is -0.116. The number of benzene rings is 2. The number of pyridine rings is 1. The van der Waals surface area contributed by atoms with Crippen molar-refractivity contribution in [2.75, 3.05) is 23.8 Å². The lowest BCUT2D eigenvalue weighted by atomic mass is 10.2. The van der Waals surface area contributed by atoms with Crippen molar-refractivity contribution in [2.45, 2.75) is 13.3 Å². The van der Waals surface area contributed by atoms with E-state index in [1.165, 1.54) is 0 Å². The molecule has 1 aromatic heterocycles. The molecule has 0 radical (unpaired) electrons. The average Bonchev–Trinajstić information content (AvgIpc) is 2.64. The number of rotatable bonds is 7. The monoisotopic (exact) mass is 335 g/mol. The normalized spacial score (nSPS) is 10.4. The minimum Gasteiger partial charge on any atom is -0.492 e. The van der Waals surface area contributed by atoms with Crippen molar-refractivity contribution >= 4 is 28.2 Å². The van der Waals surface area contributed by atoms with E-state index < -0.39 is 0 Å². The summed E-state index contributed by atoms with van der Waals surface area (Å²) in [5, 5.41) is 7.26. The lowest BCUT2D eigenvalue weighted by Crippen LogP contribution is -2.17. The van der Waals surface area contributed by atoms with E-state index in [9.17, 15) is 4.79 Å². The number of amides is 1. The van der Waals surface area contributed by atoms with Gasteiger partial charge in [0.05, 0.1) is 23.5 Å². The number of fused-ring (bicyclic) bond motifs is 1. The molecule has 1 amide bonds. The zero-order chi connectivity index (χ0) is 17.5. The highest BCUT2D eigenvalue weighted by Gasteiger charge is 2.08. The van der Waals surface area contributed by atoms with Gasteiger partial charge in [0.1, 0.15) is 5.75 Å². The van der Waals surface area contributed by atoms with Crippen LogP contribution in [0.25, 0.3) is 10.9 Å². The maximum Gasteiger partial charge on any atom is 0.226 e. The van der Waals surface area contributed by atoms with Crippen molar-refractivity contribution in [2.24, 2.45) is 0 Å². The molecule has 0 saturated heterocycles. The van der Waals surface area contributed by atoms with Gasteiger partial charge in [-0.1, -0.05) is 30.3 Å². The summed E-state index contributed by atoms with van der Waals surface area (Å²) in [6, 6.07) is 17.3. The number of nitrogens with one attached hydrogen (secondary N) is 2. The molecule has 128 valence electrons. The van der Waals surface area contributed by atoms with Crippen molar-refractivity contribution < 1.29 is 9.53 Å². The Morgan fingerprint density at radius 1 is 1.04 bits per heavy atom. The maximum atomic E-state index is 12.2. The van der Waals surface area contributed by atoms with Gasteiger partial charge in [-0.3, -0.25) is 9.78 Å². The predicted molar refractivity (Wildman–Crippen MR) is 101 cm³/mol. The molecule has 0 unspecified atom stereocenters. The molecule has 0 aliphatic carbocycles. The van der Waals surface area contributed by atoms with Crippen LogP contribution in [-0.4, -0.2) is 24.0 Å². The number of hydrogen-bond acceptors (Lipinski definition) is 4. The van der Waals surface area contributed by atoms with E-state index in [0.29, 0.717) is 31.0 Å². The van der Waals surface area contributed by atoms with Crippen molar-refractivity contribution in [1.29, 1.82) is 0 Å². The Morgan fingerprint density at radius 3 is 2.72 bits per heavy atom. The summed E-state index contributed by atoms with van der Waals surface area (Å²) in [4.78, 5) is 16.6. The highest BCUT2D eigenvalue weighted by Crippen LogP contribution is 2.24. The Balaban J connectivity index is 1.58. The fourth-order valence-corrected chi connectivity index (χ4v) is 2.62. The van der Waals surface area contributed by atoms with Gasteiger partial charge < -0.3 is 15.4 Å². The molecule has 0 atom stereocenters. The number of aromatic nitrogens is 1. The number of ether oxygens (including phenoxy) is 1. The molecule has 0 aliphatic heterocycles. The standard InChI is InChI=1S/C20H21N3O2/c1-2-25-18-11-4-3-9-16(18)23-19(24)12-14-21-17-10-5-7-15-8-6-13-22-20(15)17/h3-11,13,21H,2,12,14H2,1H3,(H,23,24). The molecule has 0 aliphatic rings. The second-order valence-corrected chi connectivity index (χ2v) is 5.53.